The Bertz CT molecular complexity index is 443. The van der Waals surface area contributed by atoms with E-state index in [1.54, 1.807) is 6.92 Å². The normalized spacial score (nSPS) is 47.8. The van der Waals surface area contributed by atoms with Gasteiger partial charge in [-0.25, -0.2) is 4.79 Å². The summed E-state index contributed by atoms with van der Waals surface area (Å²) in [6.07, 6.45) is 6.43. The van der Waals surface area contributed by atoms with E-state index < -0.39 is 11.2 Å². The van der Waals surface area contributed by atoms with E-state index in [0.717, 1.165) is 38.5 Å². The number of hydrogen-bond donors (Lipinski definition) is 1. The molecule has 0 amide bonds. The van der Waals surface area contributed by atoms with Crippen LogP contribution in [0.5, 0.6) is 0 Å². The van der Waals surface area contributed by atoms with Crippen molar-refractivity contribution in [2.45, 2.75) is 70.0 Å². The average molecular weight is 264 g/mol. The SMILES string of the molecule is C=C(C)C(=O)OC12CCCC3CC(O)(C1)CC3(C)C2. The van der Waals surface area contributed by atoms with Gasteiger partial charge < -0.3 is 9.84 Å². The highest BCUT2D eigenvalue weighted by molar-refractivity contribution is 5.87. The van der Waals surface area contributed by atoms with Crippen molar-refractivity contribution in [1.82, 2.24) is 0 Å². The van der Waals surface area contributed by atoms with Gasteiger partial charge in [-0.05, 0) is 56.8 Å². The standard InChI is InChI=1S/C16H24O3/c1-11(2)13(17)19-16-6-4-5-12-7-15(18,10-16)8-14(12,3)9-16/h12,18H,1,4-10H2,2-3H3. The molecule has 3 heteroatoms. The third kappa shape index (κ3) is 2.03. The summed E-state index contributed by atoms with van der Waals surface area (Å²) in [5.41, 5.74) is -0.486. The first-order chi connectivity index (χ1) is 8.76. The maximum atomic E-state index is 11.9. The Labute approximate surface area is 115 Å². The smallest absolute Gasteiger partial charge is 0.333 e. The van der Waals surface area contributed by atoms with Crippen molar-refractivity contribution in [3.63, 3.8) is 0 Å². The van der Waals surface area contributed by atoms with Crippen LogP contribution >= 0.6 is 0 Å². The zero-order chi connectivity index (χ0) is 13.9. The maximum absolute atomic E-state index is 11.9. The number of aliphatic hydroxyl groups is 1. The van der Waals surface area contributed by atoms with Crippen molar-refractivity contribution in [1.29, 1.82) is 0 Å². The van der Waals surface area contributed by atoms with Crippen molar-refractivity contribution >= 4 is 5.97 Å². The van der Waals surface area contributed by atoms with Crippen LogP contribution in [-0.4, -0.2) is 22.3 Å². The highest BCUT2D eigenvalue weighted by Crippen LogP contribution is 2.64. The molecule has 3 nitrogen and oxygen atoms in total. The second-order valence-corrected chi connectivity index (χ2v) is 7.55. The number of rotatable bonds is 2. The molecule has 0 radical (unpaired) electrons. The Hall–Kier alpha value is -0.830. The van der Waals surface area contributed by atoms with Crippen molar-refractivity contribution in [3.8, 4) is 0 Å². The molecule has 0 heterocycles. The molecule has 1 N–H and O–H groups in total. The van der Waals surface area contributed by atoms with Crippen molar-refractivity contribution in [2.75, 3.05) is 0 Å². The lowest BCUT2D eigenvalue weighted by atomic mass is 9.66. The summed E-state index contributed by atoms with van der Waals surface area (Å²) in [5, 5.41) is 10.8. The van der Waals surface area contributed by atoms with Crippen LogP contribution in [0.4, 0.5) is 0 Å². The summed E-state index contributed by atoms with van der Waals surface area (Å²) in [6.45, 7) is 7.63. The Kier molecular flexibility index (Phi) is 2.66. The van der Waals surface area contributed by atoms with Gasteiger partial charge in [0, 0.05) is 12.0 Å². The number of ether oxygens (including phenoxy) is 1. The minimum Gasteiger partial charge on any atom is -0.456 e. The van der Waals surface area contributed by atoms with Gasteiger partial charge in [0.25, 0.3) is 0 Å². The first-order valence-corrected chi connectivity index (χ1v) is 7.37. The van der Waals surface area contributed by atoms with Gasteiger partial charge >= 0.3 is 5.97 Å². The molecule has 0 spiro atoms. The van der Waals surface area contributed by atoms with Crippen LogP contribution < -0.4 is 0 Å². The molecule has 4 unspecified atom stereocenters. The van der Waals surface area contributed by atoms with Crippen LogP contribution in [0.15, 0.2) is 12.2 Å². The first-order valence-electron chi connectivity index (χ1n) is 7.37. The third-order valence-electron chi connectivity index (χ3n) is 5.56. The molecule has 4 atom stereocenters. The van der Waals surface area contributed by atoms with E-state index in [-0.39, 0.29) is 11.4 Å². The lowest BCUT2D eigenvalue weighted by molar-refractivity contribution is -0.175. The maximum Gasteiger partial charge on any atom is 0.333 e. The average Bonchev–Trinajstić information content (AvgIpc) is 2.36. The van der Waals surface area contributed by atoms with Crippen LogP contribution in [0.2, 0.25) is 0 Å². The van der Waals surface area contributed by atoms with Crippen LogP contribution in [0.25, 0.3) is 0 Å². The Morgan fingerprint density at radius 3 is 2.79 bits per heavy atom. The van der Waals surface area contributed by atoms with Crippen LogP contribution in [0.3, 0.4) is 0 Å². The number of carbonyl (C=O) groups is 1. The minimum absolute atomic E-state index is 0.138. The van der Waals surface area contributed by atoms with Crippen LogP contribution in [0, 0.1) is 11.3 Å². The van der Waals surface area contributed by atoms with Gasteiger partial charge in [0.2, 0.25) is 0 Å². The van der Waals surface area contributed by atoms with E-state index in [1.165, 1.54) is 0 Å². The summed E-state index contributed by atoms with van der Waals surface area (Å²) < 4.78 is 5.82. The van der Waals surface area contributed by atoms with E-state index >= 15 is 0 Å². The van der Waals surface area contributed by atoms with E-state index in [2.05, 4.69) is 13.5 Å². The van der Waals surface area contributed by atoms with Gasteiger partial charge in [-0.2, -0.15) is 0 Å². The quantitative estimate of drug-likeness (QED) is 0.616. The lowest BCUT2D eigenvalue weighted by Crippen LogP contribution is -2.49. The molecule has 0 aromatic carbocycles. The second-order valence-electron chi connectivity index (χ2n) is 7.55. The number of esters is 1. The van der Waals surface area contributed by atoms with E-state index in [4.69, 9.17) is 4.74 Å². The molecule has 19 heavy (non-hydrogen) atoms. The Balaban J connectivity index is 1.93. The second kappa shape index (κ2) is 3.85. The fourth-order valence-corrected chi connectivity index (χ4v) is 5.12. The molecule has 0 aromatic heterocycles. The molecule has 106 valence electrons. The highest BCUT2D eigenvalue weighted by Gasteiger charge is 2.63. The van der Waals surface area contributed by atoms with Crippen molar-refractivity contribution in [3.05, 3.63) is 12.2 Å². The molecule has 3 fully saturated rings. The summed E-state index contributed by atoms with van der Waals surface area (Å²) in [4.78, 5) is 11.9. The number of carbonyl (C=O) groups excluding carboxylic acids is 1. The van der Waals surface area contributed by atoms with Gasteiger partial charge in [-0.1, -0.05) is 13.5 Å². The first kappa shape index (κ1) is 13.2. The van der Waals surface area contributed by atoms with Gasteiger partial charge in [0.1, 0.15) is 5.60 Å². The molecule has 3 bridgehead atoms. The van der Waals surface area contributed by atoms with Crippen molar-refractivity contribution in [2.24, 2.45) is 11.3 Å². The summed E-state index contributed by atoms with van der Waals surface area (Å²) >= 11 is 0. The molecule has 3 aliphatic carbocycles. The van der Waals surface area contributed by atoms with Gasteiger partial charge in [-0.15, -0.1) is 0 Å². The molecule has 3 aliphatic rings. The minimum atomic E-state index is -0.618. The summed E-state index contributed by atoms with van der Waals surface area (Å²) in [7, 11) is 0. The summed E-state index contributed by atoms with van der Waals surface area (Å²) in [6, 6.07) is 0. The molecule has 0 aliphatic heterocycles. The molecular formula is C16H24O3. The Morgan fingerprint density at radius 1 is 1.37 bits per heavy atom. The van der Waals surface area contributed by atoms with Gasteiger partial charge in [0.15, 0.2) is 0 Å². The topological polar surface area (TPSA) is 46.5 Å². The molecule has 0 aromatic rings. The van der Waals surface area contributed by atoms with Crippen molar-refractivity contribution < 1.29 is 14.6 Å². The van der Waals surface area contributed by atoms with E-state index in [0.29, 0.717) is 17.9 Å². The fourth-order valence-electron chi connectivity index (χ4n) is 5.12. The molecular weight excluding hydrogens is 240 g/mol. The highest BCUT2D eigenvalue weighted by atomic mass is 16.6. The molecule has 0 saturated heterocycles. The predicted octanol–water partition coefficient (Wildman–Crippen LogP) is 2.97. The molecule has 3 rings (SSSR count). The zero-order valence-electron chi connectivity index (χ0n) is 12.0. The lowest BCUT2D eigenvalue weighted by Gasteiger charge is -2.46. The van der Waals surface area contributed by atoms with Crippen LogP contribution in [0.1, 0.15) is 58.8 Å². The number of fused-ring (bicyclic) bond motifs is 2. The van der Waals surface area contributed by atoms with Gasteiger partial charge in [0.05, 0.1) is 5.60 Å². The van der Waals surface area contributed by atoms with E-state index in [9.17, 15) is 9.90 Å². The van der Waals surface area contributed by atoms with E-state index in [1.807, 2.05) is 0 Å². The molecule has 3 saturated carbocycles. The fraction of sp³-hybridized carbons (Fsp3) is 0.812. The summed E-state index contributed by atoms with van der Waals surface area (Å²) in [5.74, 6) is 0.289. The third-order valence-corrected chi connectivity index (χ3v) is 5.56. The van der Waals surface area contributed by atoms with Crippen LogP contribution in [-0.2, 0) is 9.53 Å². The largest absolute Gasteiger partial charge is 0.456 e. The predicted molar refractivity (Wildman–Crippen MR) is 72.5 cm³/mol. The number of hydrogen-bond acceptors (Lipinski definition) is 3. The Morgan fingerprint density at radius 2 is 2.11 bits per heavy atom. The monoisotopic (exact) mass is 264 g/mol. The van der Waals surface area contributed by atoms with Gasteiger partial charge in [-0.3, -0.25) is 0 Å². The zero-order valence-corrected chi connectivity index (χ0v) is 12.0.